The van der Waals surface area contributed by atoms with Crippen molar-refractivity contribution in [2.75, 3.05) is 13.2 Å². The van der Waals surface area contributed by atoms with Crippen LogP contribution in [0.4, 0.5) is 4.79 Å². The summed E-state index contributed by atoms with van der Waals surface area (Å²) in [5.74, 6) is -0.913. The second kappa shape index (κ2) is 14.2. The van der Waals surface area contributed by atoms with Gasteiger partial charge in [0.15, 0.2) is 19.7 Å². The quantitative estimate of drug-likeness (QED) is 0.153. The second-order valence-electron chi connectivity index (χ2n) is 12.3. The standard InChI is InChI=1S/C36H39NO9S2/c1-2-45-33(38)23-26-22-32-35(48(42,43)31-18-10-9-17-30(31)47(32,40)41)34-29(26)20-19-27(14-11-21-44-24-25-12-5-3-6-13-25)37(34)36(39)46-28-15-7-4-8-16-28/h3-10,12-13,15-18,20,26-27,32,34-35H,2,11,14,19,21-24H2,1H3/t26-,27+,32+,34-,35+/m1/s1. The van der Waals surface area contributed by atoms with Gasteiger partial charge in [-0.3, -0.25) is 9.69 Å². The van der Waals surface area contributed by atoms with Crippen LogP contribution in [0, 0.1) is 5.92 Å². The predicted molar refractivity (Wildman–Crippen MR) is 178 cm³/mol. The predicted octanol–water partition coefficient (Wildman–Crippen LogP) is 5.52. The fourth-order valence-corrected chi connectivity index (χ4v) is 12.8. The maximum absolute atomic E-state index is 14.5. The lowest BCUT2D eigenvalue weighted by Crippen LogP contribution is -2.65. The van der Waals surface area contributed by atoms with Crippen LogP contribution in [0.25, 0.3) is 0 Å². The number of hydrogen-bond acceptors (Lipinski definition) is 9. The molecule has 2 aliphatic heterocycles. The summed E-state index contributed by atoms with van der Waals surface area (Å²) < 4.78 is 74.4. The van der Waals surface area contributed by atoms with Crippen molar-refractivity contribution in [1.82, 2.24) is 4.90 Å². The Balaban J connectivity index is 1.39. The van der Waals surface area contributed by atoms with Crippen LogP contribution in [0.2, 0.25) is 0 Å². The zero-order valence-corrected chi connectivity index (χ0v) is 28.3. The van der Waals surface area contributed by atoms with Gasteiger partial charge >= 0.3 is 12.1 Å². The number of ether oxygens (including phenoxy) is 3. The number of rotatable bonds is 10. The third kappa shape index (κ3) is 6.65. The minimum atomic E-state index is -4.28. The van der Waals surface area contributed by atoms with Crippen LogP contribution in [0.1, 0.15) is 44.6 Å². The number of sulfone groups is 2. The molecule has 12 heteroatoms. The van der Waals surface area contributed by atoms with Crippen molar-refractivity contribution >= 4 is 31.7 Å². The van der Waals surface area contributed by atoms with Gasteiger partial charge < -0.3 is 14.2 Å². The van der Waals surface area contributed by atoms with E-state index in [9.17, 15) is 26.4 Å². The Morgan fingerprint density at radius 1 is 0.854 bits per heavy atom. The number of hydrogen-bond donors (Lipinski definition) is 0. The highest BCUT2D eigenvalue weighted by Gasteiger charge is 2.61. The van der Waals surface area contributed by atoms with Gasteiger partial charge in [0.2, 0.25) is 0 Å². The lowest BCUT2D eigenvalue weighted by atomic mass is 9.74. The summed E-state index contributed by atoms with van der Waals surface area (Å²) in [6, 6.07) is 22.1. The maximum atomic E-state index is 14.5. The highest BCUT2D eigenvalue weighted by molar-refractivity contribution is 7.98. The SMILES string of the molecule is CCOC(=O)C[C@H]1C[C@H]2[C@@H]([C@H]3C1=CC[C@H](CCCOCc1ccccc1)N3C(=O)Oc1ccccc1)S(=O)(=O)c1ccccc1S2(=O)=O. The lowest BCUT2D eigenvalue weighted by Gasteiger charge is -2.52. The first-order valence-electron chi connectivity index (χ1n) is 16.2. The second-order valence-corrected chi connectivity index (χ2v) is 16.5. The summed E-state index contributed by atoms with van der Waals surface area (Å²) >= 11 is 0. The molecular weight excluding hydrogens is 655 g/mol. The average Bonchev–Trinajstić information content (AvgIpc) is 3.08. The summed E-state index contributed by atoms with van der Waals surface area (Å²) in [5.41, 5.74) is 1.57. The summed E-state index contributed by atoms with van der Waals surface area (Å²) in [6.07, 6.45) is 2.24. The first kappa shape index (κ1) is 33.9. The lowest BCUT2D eigenvalue weighted by molar-refractivity contribution is -0.144. The molecule has 3 aliphatic rings. The molecule has 254 valence electrons. The van der Waals surface area contributed by atoms with Gasteiger partial charge in [-0.15, -0.1) is 0 Å². The van der Waals surface area contributed by atoms with Gasteiger partial charge in [0.25, 0.3) is 0 Å². The van der Waals surface area contributed by atoms with Gasteiger partial charge in [-0.1, -0.05) is 66.7 Å². The average molecular weight is 694 g/mol. The third-order valence-corrected chi connectivity index (χ3v) is 14.2. The van der Waals surface area contributed by atoms with E-state index in [1.165, 1.54) is 29.2 Å². The molecule has 0 aromatic heterocycles. The number of para-hydroxylation sites is 1. The normalized spacial score (nSPS) is 25.1. The van der Waals surface area contributed by atoms with Crippen molar-refractivity contribution in [3.8, 4) is 5.75 Å². The number of benzene rings is 3. The van der Waals surface area contributed by atoms with Gasteiger partial charge in [0.1, 0.15) is 11.0 Å². The van der Waals surface area contributed by atoms with E-state index < -0.39 is 60.2 Å². The molecule has 5 atom stereocenters. The van der Waals surface area contributed by atoms with Crippen molar-refractivity contribution < 1.29 is 40.6 Å². The summed E-state index contributed by atoms with van der Waals surface area (Å²) in [4.78, 5) is 28.0. The number of carbonyl (C=O) groups is 2. The Bertz CT molecular complexity index is 1880. The molecule has 1 aliphatic carbocycles. The zero-order chi connectivity index (χ0) is 33.9. The van der Waals surface area contributed by atoms with Gasteiger partial charge in [-0.2, -0.15) is 0 Å². The molecule has 0 saturated heterocycles. The molecule has 0 spiro atoms. The zero-order valence-electron chi connectivity index (χ0n) is 26.6. The minimum Gasteiger partial charge on any atom is -0.466 e. The van der Waals surface area contributed by atoms with Crippen LogP contribution < -0.4 is 4.74 Å². The van der Waals surface area contributed by atoms with E-state index in [-0.39, 0.29) is 35.0 Å². The largest absolute Gasteiger partial charge is 0.466 e. The van der Waals surface area contributed by atoms with Crippen molar-refractivity contribution in [3.63, 3.8) is 0 Å². The molecule has 1 amide bonds. The van der Waals surface area contributed by atoms with E-state index in [0.29, 0.717) is 38.0 Å². The molecular formula is C36H39NO9S2. The first-order chi connectivity index (χ1) is 23.1. The van der Waals surface area contributed by atoms with Crippen molar-refractivity contribution in [2.24, 2.45) is 5.92 Å². The molecule has 0 N–H and O–H groups in total. The van der Waals surface area contributed by atoms with Crippen molar-refractivity contribution in [3.05, 3.63) is 102 Å². The van der Waals surface area contributed by atoms with E-state index in [0.717, 1.165) is 5.56 Å². The van der Waals surface area contributed by atoms with Crippen LogP contribution in [-0.2, 0) is 40.5 Å². The van der Waals surface area contributed by atoms with E-state index in [1.807, 2.05) is 36.4 Å². The molecule has 1 saturated carbocycles. The van der Waals surface area contributed by atoms with Gasteiger partial charge in [-0.25, -0.2) is 21.6 Å². The Labute approximate surface area is 281 Å². The molecule has 6 rings (SSSR count). The van der Waals surface area contributed by atoms with Gasteiger partial charge in [-0.05, 0) is 73.9 Å². The fraction of sp³-hybridized carbons (Fsp3) is 0.389. The molecule has 0 radical (unpaired) electrons. The summed E-state index contributed by atoms with van der Waals surface area (Å²) in [5, 5.41) is -2.89. The smallest absolute Gasteiger partial charge is 0.416 e. The Morgan fingerprint density at radius 3 is 2.19 bits per heavy atom. The Hall–Kier alpha value is -4.00. The monoisotopic (exact) mass is 693 g/mol. The van der Waals surface area contributed by atoms with Gasteiger partial charge in [0, 0.05) is 12.6 Å². The van der Waals surface area contributed by atoms with E-state index in [4.69, 9.17) is 14.2 Å². The van der Waals surface area contributed by atoms with Crippen LogP contribution in [0.3, 0.4) is 0 Å². The Morgan fingerprint density at radius 2 is 1.50 bits per heavy atom. The molecule has 10 nitrogen and oxygen atoms in total. The highest BCUT2D eigenvalue weighted by Crippen LogP contribution is 2.50. The third-order valence-electron chi connectivity index (χ3n) is 9.36. The van der Waals surface area contributed by atoms with Crippen molar-refractivity contribution in [2.45, 2.75) is 78.0 Å². The fourth-order valence-electron chi connectivity index (χ4n) is 7.28. The number of amides is 1. The summed E-state index contributed by atoms with van der Waals surface area (Å²) in [6.45, 7) is 2.64. The van der Waals surface area contributed by atoms with E-state index >= 15 is 0 Å². The number of fused-ring (bicyclic) bond motifs is 4. The highest BCUT2D eigenvalue weighted by atomic mass is 32.2. The molecule has 0 unspecified atom stereocenters. The number of esters is 1. The topological polar surface area (TPSA) is 133 Å². The molecule has 3 aromatic rings. The first-order valence-corrected chi connectivity index (χ1v) is 19.3. The van der Waals surface area contributed by atoms with E-state index in [2.05, 4.69) is 0 Å². The van der Waals surface area contributed by atoms with Crippen molar-refractivity contribution in [1.29, 1.82) is 0 Å². The molecule has 48 heavy (non-hydrogen) atoms. The summed E-state index contributed by atoms with van der Waals surface area (Å²) in [7, 11) is -8.46. The number of carbonyl (C=O) groups excluding carboxylic acids is 2. The van der Waals surface area contributed by atoms with Crippen LogP contribution in [-0.4, -0.2) is 69.6 Å². The van der Waals surface area contributed by atoms with Gasteiger partial charge in [0.05, 0.1) is 40.7 Å². The molecule has 0 bridgehead atoms. The molecule has 2 heterocycles. The number of nitrogens with zero attached hydrogens (tertiary/aromatic N) is 1. The maximum Gasteiger partial charge on any atom is 0.416 e. The van der Waals surface area contributed by atoms with Crippen LogP contribution in [0.5, 0.6) is 5.75 Å². The minimum absolute atomic E-state index is 0.0960. The molecule has 1 fully saturated rings. The van der Waals surface area contributed by atoms with Crippen LogP contribution >= 0.6 is 0 Å². The Kier molecular flexibility index (Phi) is 10.0. The molecule has 3 aromatic carbocycles. The van der Waals surface area contributed by atoms with E-state index in [1.54, 1.807) is 37.3 Å². The van der Waals surface area contributed by atoms with Crippen LogP contribution in [0.15, 0.2) is 106 Å².